The summed E-state index contributed by atoms with van der Waals surface area (Å²) in [6.45, 7) is 2.15. The van der Waals surface area contributed by atoms with Gasteiger partial charge in [-0.2, -0.15) is 15.4 Å². The highest BCUT2D eigenvalue weighted by Gasteiger charge is 2.32. The van der Waals surface area contributed by atoms with Gasteiger partial charge < -0.3 is 15.8 Å². The number of aliphatic hydroxyl groups is 1. The number of nitrogens with one attached hydrogen (secondary N) is 2. The summed E-state index contributed by atoms with van der Waals surface area (Å²) < 4.78 is 0. The second-order valence-electron chi connectivity index (χ2n) is 5.98. The normalized spacial score (nSPS) is 22.1. The molecular weight excluding hydrogens is 296 g/mol. The lowest BCUT2D eigenvalue weighted by molar-refractivity contribution is 0.140. The standard InChI is InChI=1S/C14H18N8O/c15-14-13-12(17-7-18-14)9(2-16-13)5-22-4-8(11(23)6-22)1-10-3-19-21-20-10/h2-3,7-8,11,16,23H,1,4-6H2,(H2,15,17,18)(H,19,20,21). The number of nitrogen functional groups attached to an aromatic ring is 1. The summed E-state index contributed by atoms with van der Waals surface area (Å²) in [7, 11) is 0. The molecule has 2 atom stereocenters. The third-order valence-corrected chi connectivity index (χ3v) is 4.38. The minimum atomic E-state index is -0.364. The van der Waals surface area contributed by atoms with Gasteiger partial charge in [-0.25, -0.2) is 9.97 Å². The second-order valence-corrected chi connectivity index (χ2v) is 5.98. The molecular formula is C14H18N8O. The maximum absolute atomic E-state index is 10.3. The highest BCUT2D eigenvalue weighted by Crippen LogP contribution is 2.25. The van der Waals surface area contributed by atoms with Crippen LogP contribution in [-0.4, -0.2) is 59.6 Å². The molecule has 9 nitrogen and oxygen atoms in total. The lowest BCUT2D eigenvalue weighted by atomic mass is 10.0. The van der Waals surface area contributed by atoms with E-state index in [4.69, 9.17) is 5.73 Å². The highest BCUT2D eigenvalue weighted by molar-refractivity contribution is 5.86. The summed E-state index contributed by atoms with van der Waals surface area (Å²) in [5.41, 5.74) is 9.39. The maximum Gasteiger partial charge on any atom is 0.151 e. The highest BCUT2D eigenvalue weighted by atomic mass is 16.3. The molecule has 3 aromatic rings. The average Bonchev–Trinajstić information content (AvgIpc) is 3.24. The number of nitrogens with two attached hydrogens (primary N) is 1. The summed E-state index contributed by atoms with van der Waals surface area (Å²) in [6, 6.07) is 0. The summed E-state index contributed by atoms with van der Waals surface area (Å²) in [5, 5.41) is 20.8. The largest absolute Gasteiger partial charge is 0.391 e. The molecule has 5 N–H and O–H groups in total. The Kier molecular flexibility index (Phi) is 3.43. The van der Waals surface area contributed by atoms with E-state index in [-0.39, 0.29) is 12.0 Å². The predicted octanol–water partition coefficient (Wildman–Crippen LogP) is -0.306. The van der Waals surface area contributed by atoms with Crippen molar-refractivity contribution in [3.8, 4) is 0 Å². The number of aromatic amines is 2. The Morgan fingerprint density at radius 3 is 3.09 bits per heavy atom. The molecule has 2 unspecified atom stereocenters. The Labute approximate surface area is 131 Å². The van der Waals surface area contributed by atoms with Crippen LogP contribution in [0, 0.1) is 5.92 Å². The van der Waals surface area contributed by atoms with Crippen molar-refractivity contribution in [2.45, 2.75) is 19.1 Å². The van der Waals surface area contributed by atoms with Gasteiger partial charge in [-0.15, -0.1) is 0 Å². The molecule has 1 saturated heterocycles. The van der Waals surface area contributed by atoms with Crippen LogP contribution in [0.4, 0.5) is 5.82 Å². The average molecular weight is 314 g/mol. The molecule has 0 aliphatic carbocycles. The molecule has 0 amide bonds. The van der Waals surface area contributed by atoms with Gasteiger partial charge in [-0.1, -0.05) is 0 Å². The third kappa shape index (κ3) is 2.64. The molecule has 0 radical (unpaired) electrons. The van der Waals surface area contributed by atoms with Crippen LogP contribution in [0.5, 0.6) is 0 Å². The summed E-state index contributed by atoms with van der Waals surface area (Å²) >= 11 is 0. The number of hydrogen-bond acceptors (Lipinski definition) is 7. The number of fused-ring (bicyclic) bond motifs is 1. The topological polar surface area (TPSA) is 133 Å². The van der Waals surface area contributed by atoms with Crippen molar-refractivity contribution in [3.63, 3.8) is 0 Å². The number of aliphatic hydroxyl groups excluding tert-OH is 1. The van der Waals surface area contributed by atoms with E-state index < -0.39 is 0 Å². The molecule has 23 heavy (non-hydrogen) atoms. The lowest BCUT2D eigenvalue weighted by Crippen LogP contribution is -2.21. The fourth-order valence-corrected chi connectivity index (χ4v) is 3.24. The van der Waals surface area contributed by atoms with Crippen LogP contribution in [0.25, 0.3) is 11.0 Å². The Morgan fingerprint density at radius 2 is 2.26 bits per heavy atom. The zero-order valence-electron chi connectivity index (χ0n) is 12.5. The predicted molar refractivity (Wildman–Crippen MR) is 83.2 cm³/mol. The minimum absolute atomic E-state index is 0.157. The van der Waals surface area contributed by atoms with Gasteiger partial charge in [0.1, 0.15) is 11.8 Å². The molecule has 1 fully saturated rings. The zero-order valence-corrected chi connectivity index (χ0v) is 12.5. The number of likely N-dealkylation sites (tertiary alicyclic amines) is 1. The van der Waals surface area contributed by atoms with Crippen LogP contribution in [-0.2, 0) is 13.0 Å². The molecule has 3 aromatic heterocycles. The molecule has 0 saturated carbocycles. The van der Waals surface area contributed by atoms with Crippen molar-refractivity contribution in [1.29, 1.82) is 0 Å². The van der Waals surface area contributed by atoms with Gasteiger partial charge in [0.15, 0.2) is 5.82 Å². The summed E-state index contributed by atoms with van der Waals surface area (Å²) in [4.78, 5) is 13.6. The Morgan fingerprint density at radius 1 is 1.35 bits per heavy atom. The first-order chi connectivity index (χ1) is 11.2. The monoisotopic (exact) mass is 314 g/mol. The number of anilines is 1. The fourth-order valence-electron chi connectivity index (χ4n) is 3.24. The Bertz CT molecular complexity index is 798. The van der Waals surface area contributed by atoms with Crippen LogP contribution in [0.15, 0.2) is 18.7 Å². The third-order valence-electron chi connectivity index (χ3n) is 4.38. The minimum Gasteiger partial charge on any atom is -0.391 e. The molecule has 1 aliphatic rings. The molecule has 0 bridgehead atoms. The number of aromatic nitrogens is 6. The number of H-pyrrole nitrogens is 2. The Balaban J connectivity index is 1.48. The van der Waals surface area contributed by atoms with Crippen LogP contribution in [0.3, 0.4) is 0 Å². The van der Waals surface area contributed by atoms with Crippen molar-refractivity contribution in [2.75, 3.05) is 18.8 Å². The quantitative estimate of drug-likeness (QED) is 0.519. The van der Waals surface area contributed by atoms with E-state index in [1.807, 2.05) is 6.20 Å². The van der Waals surface area contributed by atoms with E-state index in [0.29, 0.717) is 18.9 Å². The van der Waals surface area contributed by atoms with Crippen LogP contribution < -0.4 is 5.73 Å². The molecule has 4 heterocycles. The Hall–Kier alpha value is -2.52. The van der Waals surface area contributed by atoms with Crippen molar-refractivity contribution >= 4 is 16.9 Å². The smallest absolute Gasteiger partial charge is 0.151 e. The first-order valence-electron chi connectivity index (χ1n) is 7.52. The van der Waals surface area contributed by atoms with E-state index in [2.05, 4.69) is 35.3 Å². The van der Waals surface area contributed by atoms with E-state index >= 15 is 0 Å². The number of nitrogens with zero attached hydrogens (tertiary/aromatic N) is 5. The van der Waals surface area contributed by atoms with Gasteiger partial charge >= 0.3 is 0 Å². The van der Waals surface area contributed by atoms with Crippen LogP contribution >= 0.6 is 0 Å². The molecule has 0 aromatic carbocycles. The number of β-amino-alcohol motifs (C(OH)–C–C–N with tert-alkyl or cyclic N) is 1. The zero-order chi connectivity index (χ0) is 15.8. The number of rotatable bonds is 4. The first kappa shape index (κ1) is 14.1. The van der Waals surface area contributed by atoms with E-state index in [1.54, 1.807) is 6.20 Å². The van der Waals surface area contributed by atoms with E-state index in [1.165, 1.54) is 6.33 Å². The van der Waals surface area contributed by atoms with Crippen LogP contribution in [0.1, 0.15) is 11.3 Å². The SMILES string of the molecule is Nc1ncnc2c(CN3CC(O)C(Cc4cn[nH]n4)C3)c[nH]c12. The molecule has 4 rings (SSSR count). The van der Waals surface area contributed by atoms with E-state index in [0.717, 1.165) is 35.3 Å². The molecule has 120 valence electrons. The molecule has 9 heteroatoms. The van der Waals surface area contributed by atoms with Crippen molar-refractivity contribution in [2.24, 2.45) is 5.92 Å². The van der Waals surface area contributed by atoms with Gasteiger partial charge in [0.25, 0.3) is 0 Å². The fraction of sp³-hybridized carbons (Fsp3) is 0.429. The van der Waals surface area contributed by atoms with Gasteiger partial charge in [-0.3, -0.25) is 4.90 Å². The van der Waals surface area contributed by atoms with Crippen LogP contribution in [0.2, 0.25) is 0 Å². The van der Waals surface area contributed by atoms with Gasteiger partial charge in [0.2, 0.25) is 0 Å². The van der Waals surface area contributed by atoms with Gasteiger partial charge in [0.05, 0.1) is 23.5 Å². The van der Waals surface area contributed by atoms with Gasteiger partial charge in [-0.05, 0) is 6.42 Å². The van der Waals surface area contributed by atoms with Crippen molar-refractivity contribution in [3.05, 3.63) is 30.0 Å². The molecule has 1 aliphatic heterocycles. The first-order valence-corrected chi connectivity index (χ1v) is 7.52. The summed E-state index contributed by atoms with van der Waals surface area (Å²) in [6.07, 6.45) is 5.44. The van der Waals surface area contributed by atoms with Crippen molar-refractivity contribution < 1.29 is 5.11 Å². The van der Waals surface area contributed by atoms with Crippen molar-refractivity contribution in [1.82, 2.24) is 35.3 Å². The molecule has 0 spiro atoms. The summed E-state index contributed by atoms with van der Waals surface area (Å²) in [5.74, 6) is 0.608. The maximum atomic E-state index is 10.3. The number of hydrogen-bond donors (Lipinski definition) is 4. The van der Waals surface area contributed by atoms with E-state index in [9.17, 15) is 5.11 Å². The van der Waals surface area contributed by atoms with Gasteiger partial charge in [0, 0.05) is 37.3 Å². The second kappa shape index (κ2) is 5.60. The lowest BCUT2D eigenvalue weighted by Gasteiger charge is -2.14.